The molecule has 0 aliphatic rings. The number of aromatic nitrogens is 1. The number of halogens is 1. The van der Waals surface area contributed by atoms with E-state index >= 15 is 0 Å². The van der Waals surface area contributed by atoms with Crippen LogP contribution in [0, 0.1) is 11.2 Å². The Hall–Kier alpha value is -2.76. The lowest BCUT2D eigenvalue weighted by atomic mass is 9.95. The first-order valence-corrected chi connectivity index (χ1v) is 7.13. The molecule has 0 bridgehead atoms. The van der Waals surface area contributed by atoms with Gasteiger partial charge in [-0.25, -0.2) is 4.39 Å². The molecule has 0 fully saturated rings. The van der Waals surface area contributed by atoms with Gasteiger partial charge in [-0.15, -0.1) is 0 Å². The number of carbonyl (C=O) groups excluding carboxylic acids is 1. The maximum absolute atomic E-state index is 14.1. The number of rotatable bonds is 3. The Bertz CT molecular complexity index is 750. The van der Waals surface area contributed by atoms with Crippen molar-refractivity contribution in [2.75, 3.05) is 5.32 Å². The van der Waals surface area contributed by atoms with Crippen molar-refractivity contribution in [2.45, 2.75) is 20.8 Å². The van der Waals surface area contributed by atoms with E-state index in [2.05, 4.69) is 15.4 Å². The van der Waals surface area contributed by atoms with Gasteiger partial charge in [-0.05, 0) is 18.2 Å². The van der Waals surface area contributed by atoms with Gasteiger partial charge >= 0.3 is 0 Å². The first-order valence-electron chi connectivity index (χ1n) is 7.13. The number of hydrazone groups is 1. The van der Waals surface area contributed by atoms with Crippen molar-refractivity contribution in [1.29, 1.82) is 0 Å². The third-order valence-corrected chi connectivity index (χ3v) is 3.26. The summed E-state index contributed by atoms with van der Waals surface area (Å²) in [5.74, 6) is 4.85. The molecule has 0 aliphatic heterocycles. The van der Waals surface area contributed by atoms with Gasteiger partial charge in [-0.3, -0.25) is 9.78 Å². The molecule has 120 valence electrons. The molecule has 0 aliphatic carbocycles. The highest BCUT2D eigenvalue weighted by Crippen LogP contribution is 2.23. The van der Waals surface area contributed by atoms with Crippen LogP contribution in [0.15, 0.2) is 47.8 Å². The molecule has 2 rings (SSSR count). The zero-order chi connectivity index (χ0) is 17.0. The molecule has 0 spiro atoms. The third kappa shape index (κ3) is 3.71. The van der Waals surface area contributed by atoms with Crippen LogP contribution in [0.3, 0.4) is 0 Å². The van der Waals surface area contributed by atoms with Crippen LogP contribution in [0.2, 0.25) is 0 Å². The molecule has 6 heteroatoms. The van der Waals surface area contributed by atoms with Crippen LogP contribution >= 0.6 is 0 Å². The molecule has 5 nitrogen and oxygen atoms in total. The Balaban J connectivity index is 2.48. The van der Waals surface area contributed by atoms with Crippen molar-refractivity contribution in [3.8, 4) is 0 Å². The Morgan fingerprint density at radius 2 is 1.91 bits per heavy atom. The highest BCUT2D eigenvalue weighted by molar-refractivity contribution is 6.17. The minimum atomic E-state index is -0.571. The number of carbonyl (C=O) groups is 1. The standard InChI is InChI=1S/C17H19FN4O/c1-17(2,3)16(23)21-14-8-9-20-10-12(14)15(22-19)11-6-4-5-7-13(11)18/h4-10H,19H2,1-3H3,(H,20,21,23). The van der Waals surface area contributed by atoms with Crippen molar-refractivity contribution >= 4 is 17.3 Å². The highest BCUT2D eigenvalue weighted by Gasteiger charge is 2.23. The first kappa shape index (κ1) is 16.6. The summed E-state index contributed by atoms with van der Waals surface area (Å²) in [6.45, 7) is 5.41. The molecular formula is C17H19FN4O. The smallest absolute Gasteiger partial charge is 0.229 e. The lowest BCUT2D eigenvalue weighted by Crippen LogP contribution is -2.28. The van der Waals surface area contributed by atoms with E-state index in [1.165, 1.54) is 18.5 Å². The SMILES string of the molecule is CC(C)(C)C(=O)Nc1ccncc1C(=NN)c1ccccc1F. The summed E-state index contributed by atoms with van der Waals surface area (Å²) in [6, 6.07) is 7.80. The van der Waals surface area contributed by atoms with Crippen molar-refractivity contribution in [1.82, 2.24) is 4.98 Å². The van der Waals surface area contributed by atoms with Crippen molar-refractivity contribution in [3.05, 3.63) is 59.7 Å². The molecule has 2 aromatic rings. The topological polar surface area (TPSA) is 80.4 Å². The third-order valence-electron chi connectivity index (χ3n) is 3.26. The van der Waals surface area contributed by atoms with Gasteiger partial charge in [0.1, 0.15) is 11.5 Å². The number of hydrogen-bond acceptors (Lipinski definition) is 4. The molecule has 0 radical (unpaired) electrons. The predicted octanol–water partition coefficient (Wildman–Crippen LogP) is 2.92. The first-order chi connectivity index (χ1) is 10.8. The van der Waals surface area contributed by atoms with Crippen LogP contribution in [0.4, 0.5) is 10.1 Å². The number of hydrogen-bond donors (Lipinski definition) is 2. The monoisotopic (exact) mass is 314 g/mol. The number of pyridine rings is 1. The van der Waals surface area contributed by atoms with E-state index in [9.17, 15) is 9.18 Å². The zero-order valence-electron chi connectivity index (χ0n) is 13.3. The summed E-state index contributed by atoms with van der Waals surface area (Å²) in [5, 5.41) is 6.52. The minimum Gasteiger partial charge on any atom is -0.325 e. The summed E-state index contributed by atoms with van der Waals surface area (Å²) in [5.41, 5.74) is 0.832. The zero-order valence-corrected chi connectivity index (χ0v) is 13.3. The lowest BCUT2D eigenvalue weighted by molar-refractivity contribution is -0.123. The van der Waals surface area contributed by atoms with Gasteiger partial charge in [-0.2, -0.15) is 5.10 Å². The fourth-order valence-electron chi connectivity index (χ4n) is 1.94. The van der Waals surface area contributed by atoms with E-state index in [0.29, 0.717) is 11.3 Å². The average molecular weight is 314 g/mol. The number of nitrogens with one attached hydrogen (secondary N) is 1. The number of nitrogens with two attached hydrogens (primary N) is 1. The Morgan fingerprint density at radius 1 is 1.22 bits per heavy atom. The highest BCUT2D eigenvalue weighted by atomic mass is 19.1. The van der Waals surface area contributed by atoms with Crippen molar-refractivity contribution in [3.63, 3.8) is 0 Å². The van der Waals surface area contributed by atoms with Crippen molar-refractivity contribution < 1.29 is 9.18 Å². The molecule has 1 amide bonds. The quantitative estimate of drug-likeness (QED) is 0.519. The summed E-state index contributed by atoms with van der Waals surface area (Å²) in [6.07, 6.45) is 3.04. The number of nitrogens with zero attached hydrogens (tertiary/aromatic N) is 2. The Kier molecular flexibility index (Phi) is 4.74. The predicted molar refractivity (Wildman–Crippen MR) is 88.5 cm³/mol. The van der Waals surface area contributed by atoms with Gasteiger partial charge in [0, 0.05) is 28.9 Å². The molecular weight excluding hydrogens is 295 g/mol. The number of benzene rings is 1. The average Bonchev–Trinajstić information content (AvgIpc) is 2.50. The Morgan fingerprint density at radius 3 is 2.52 bits per heavy atom. The van der Waals surface area contributed by atoms with Crippen LogP contribution in [-0.2, 0) is 4.79 Å². The van der Waals surface area contributed by atoms with Crippen LogP contribution < -0.4 is 11.2 Å². The van der Waals surface area contributed by atoms with E-state index in [0.717, 1.165) is 0 Å². The lowest BCUT2D eigenvalue weighted by Gasteiger charge is -2.19. The van der Waals surface area contributed by atoms with Crippen LogP contribution in [0.1, 0.15) is 31.9 Å². The van der Waals surface area contributed by atoms with Crippen LogP contribution in [0.5, 0.6) is 0 Å². The molecule has 3 N–H and O–H groups in total. The second-order valence-corrected chi connectivity index (χ2v) is 6.08. The maximum Gasteiger partial charge on any atom is 0.229 e. The molecule has 23 heavy (non-hydrogen) atoms. The number of amides is 1. The molecule has 1 heterocycles. The molecule has 1 aromatic carbocycles. The summed E-state index contributed by atoms with van der Waals surface area (Å²) in [7, 11) is 0. The van der Waals surface area contributed by atoms with Crippen LogP contribution in [-0.4, -0.2) is 16.6 Å². The van der Waals surface area contributed by atoms with Gasteiger partial charge in [0.05, 0.1) is 5.69 Å². The fourth-order valence-corrected chi connectivity index (χ4v) is 1.94. The van der Waals surface area contributed by atoms with Gasteiger partial charge < -0.3 is 11.2 Å². The van der Waals surface area contributed by atoms with E-state index < -0.39 is 11.2 Å². The molecule has 0 atom stereocenters. The van der Waals surface area contributed by atoms with Gasteiger partial charge in [0.25, 0.3) is 0 Å². The largest absolute Gasteiger partial charge is 0.325 e. The normalized spacial score (nSPS) is 12.1. The second kappa shape index (κ2) is 6.56. The van der Waals surface area contributed by atoms with E-state index in [-0.39, 0.29) is 17.2 Å². The fraction of sp³-hybridized carbons (Fsp3) is 0.235. The molecule has 1 aromatic heterocycles. The van der Waals surface area contributed by atoms with Gasteiger partial charge in [0.2, 0.25) is 5.91 Å². The van der Waals surface area contributed by atoms with Crippen LogP contribution in [0.25, 0.3) is 0 Å². The number of anilines is 1. The maximum atomic E-state index is 14.1. The van der Waals surface area contributed by atoms with E-state index in [1.807, 2.05) is 0 Å². The summed E-state index contributed by atoms with van der Waals surface area (Å²) in [4.78, 5) is 16.3. The van der Waals surface area contributed by atoms with Crippen molar-refractivity contribution in [2.24, 2.45) is 16.4 Å². The van der Waals surface area contributed by atoms with E-state index in [4.69, 9.17) is 5.84 Å². The van der Waals surface area contributed by atoms with Gasteiger partial charge in [-0.1, -0.05) is 32.9 Å². The second-order valence-electron chi connectivity index (χ2n) is 6.08. The van der Waals surface area contributed by atoms with E-state index in [1.54, 1.807) is 45.0 Å². The minimum absolute atomic E-state index is 0.171. The summed E-state index contributed by atoms with van der Waals surface area (Å²) >= 11 is 0. The summed E-state index contributed by atoms with van der Waals surface area (Å²) < 4.78 is 14.1. The molecule has 0 saturated carbocycles. The van der Waals surface area contributed by atoms with Gasteiger partial charge in [0.15, 0.2) is 0 Å². The molecule has 0 unspecified atom stereocenters. The Labute approximate surface area is 134 Å². The molecule has 0 saturated heterocycles.